The molecule has 0 unspecified atom stereocenters. The maximum atomic E-state index is 10.3. The molecule has 3 heteroatoms. The lowest BCUT2D eigenvalue weighted by Crippen LogP contribution is -2.13. The Morgan fingerprint density at radius 3 is 1.90 bits per heavy atom. The SMILES string of the molecule is CC(=O)CC(C)C.CNN. The molecule has 0 rings (SSSR count). The summed E-state index contributed by atoms with van der Waals surface area (Å²) < 4.78 is 0. The Balaban J connectivity index is 0. The summed E-state index contributed by atoms with van der Waals surface area (Å²) in [5.74, 6) is 5.41. The molecule has 10 heavy (non-hydrogen) atoms. The van der Waals surface area contributed by atoms with Crippen molar-refractivity contribution in [1.82, 2.24) is 5.43 Å². The van der Waals surface area contributed by atoms with Gasteiger partial charge in [0.15, 0.2) is 0 Å². The Kier molecular flexibility index (Phi) is 10.6. The second-order valence-electron chi connectivity index (χ2n) is 2.59. The van der Waals surface area contributed by atoms with Crippen LogP contribution in [0.3, 0.4) is 0 Å². The van der Waals surface area contributed by atoms with Gasteiger partial charge < -0.3 is 4.79 Å². The van der Waals surface area contributed by atoms with Crippen molar-refractivity contribution in [2.24, 2.45) is 11.8 Å². The van der Waals surface area contributed by atoms with Gasteiger partial charge in [-0.25, -0.2) is 0 Å². The number of carbonyl (C=O) groups excluding carboxylic acids is 1. The maximum Gasteiger partial charge on any atom is 0.130 e. The van der Waals surface area contributed by atoms with E-state index in [9.17, 15) is 4.79 Å². The second kappa shape index (κ2) is 8.59. The zero-order valence-corrected chi connectivity index (χ0v) is 7.27. The van der Waals surface area contributed by atoms with Crippen LogP contribution in [0.5, 0.6) is 0 Å². The van der Waals surface area contributed by atoms with Crippen molar-refractivity contribution in [3.63, 3.8) is 0 Å². The van der Waals surface area contributed by atoms with Gasteiger partial charge in [0, 0.05) is 6.42 Å². The maximum absolute atomic E-state index is 10.3. The molecule has 0 aromatic carbocycles. The molecule has 62 valence electrons. The largest absolute Gasteiger partial charge is 0.300 e. The number of Topliss-reactive ketones (excluding diaryl/α,β-unsaturated/α-hetero) is 1. The van der Waals surface area contributed by atoms with Crippen LogP contribution in [0.2, 0.25) is 0 Å². The number of rotatable bonds is 2. The summed E-state index contributed by atoms with van der Waals surface area (Å²) in [6.07, 6.45) is 0.722. The predicted octanol–water partition coefficient (Wildman–Crippen LogP) is 0.701. The Morgan fingerprint density at radius 1 is 1.60 bits per heavy atom. The first-order valence-electron chi connectivity index (χ1n) is 3.41. The van der Waals surface area contributed by atoms with E-state index < -0.39 is 0 Å². The molecular formula is C7H18N2O. The van der Waals surface area contributed by atoms with Gasteiger partial charge in [0.25, 0.3) is 0 Å². The van der Waals surface area contributed by atoms with Crippen LogP contribution in [0, 0.1) is 5.92 Å². The van der Waals surface area contributed by atoms with Crippen LogP contribution < -0.4 is 11.3 Å². The first kappa shape index (κ1) is 12.3. The van der Waals surface area contributed by atoms with Gasteiger partial charge in [-0.2, -0.15) is 0 Å². The van der Waals surface area contributed by atoms with Crippen molar-refractivity contribution >= 4 is 5.78 Å². The van der Waals surface area contributed by atoms with Gasteiger partial charge in [-0.15, -0.1) is 0 Å². The van der Waals surface area contributed by atoms with E-state index >= 15 is 0 Å². The lowest BCUT2D eigenvalue weighted by Gasteiger charge is -1.95. The van der Waals surface area contributed by atoms with Crippen molar-refractivity contribution in [2.45, 2.75) is 27.2 Å². The molecule has 3 nitrogen and oxygen atoms in total. The van der Waals surface area contributed by atoms with Crippen LogP contribution in [0.25, 0.3) is 0 Å². The fraction of sp³-hybridized carbons (Fsp3) is 0.857. The average Bonchev–Trinajstić information content (AvgIpc) is 1.62. The minimum atomic E-state index is 0.287. The van der Waals surface area contributed by atoms with E-state index in [2.05, 4.69) is 11.3 Å². The van der Waals surface area contributed by atoms with E-state index in [1.165, 1.54) is 0 Å². The lowest BCUT2D eigenvalue weighted by molar-refractivity contribution is -0.117. The lowest BCUT2D eigenvalue weighted by atomic mass is 10.1. The van der Waals surface area contributed by atoms with Crippen molar-refractivity contribution < 1.29 is 4.79 Å². The van der Waals surface area contributed by atoms with E-state index in [4.69, 9.17) is 0 Å². The molecule has 0 saturated heterocycles. The minimum absolute atomic E-state index is 0.287. The molecule has 0 amide bonds. The van der Waals surface area contributed by atoms with E-state index in [0.29, 0.717) is 5.92 Å². The predicted molar refractivity (Wildman–Crippen MR) is 43.4 cm³/mol. The van der Waals surface area contributed by atoms with Crippen molar-refractivity contribution in [3.05, 3.63) is 0 Å². The van der Waals surface area contributed by atoms with Gasteiger partial charge in [0.05, 0.1) is 0 Å². The Morgan fingerprint density at radius 2 is 1.90 bits per heavy atom. The summed E-state index contributed by atoms with van der Waals surface area (Å²) in [4.78, 5) is 10.3. The summed E-state index contributed by atoms with van der Waals surface area (Å²) in [5.41, 5.74) is 2.25. The second-order valence-corrected chi connectivity index (χ2v) is 2.59. The highest BCUT2D eigenvalue weighted by Gasteiger charge is 1.95. The Labute approximate surface area is 63.0 Å². The van der Waals surface area contributed by atoms with E-state index in [1.807, 2.05) is 13.8 Å². The molecule has 0 radical (unpaired) electrons. The van der Waals surface area contributed by atoms with E-state index in [0.717, 1.165) is 6.42 Å². The number of nitrogens with one attached hydrogen (secondary N) is 1. The normalized spacial score (nSPS) is 8.60. The van der Waals surface area contributed by atoms with Crippen molar-refractivity contribution in [3.8, 4) is 0 Å². The molecule has 0 aromatic rings. The highest BCUT2D eigenvalue weighted by Crippen LogP contribution is 1.97. The quantitative estimate of drug-likeness (QED) is 0.445. The third-order valence-electron chi connectivity index (χ3n) is 0.696. The van der Waals surface area contributed by atoms with Gasteiger partial charge in [0.1, 0.15) is 5.78 Å². The Hall–Kier alpha value is -0.410. The standard InChI is InChI=1S/C6H12O.CH6N2/c1-5(2)4-6(3)7;1-3-2/h5H,4H2,1-3H3;3H,2H2,1H3. The third kappa shape index (κ3) is 25.6. The zero-order valence-electron chi connectivity index (χ0n) is 7.27. The molecule has 0 saturated carbocycles. The first-order valence-corrected chi connectivity index (χ1v) is 3.41. The Bertz CT molecular complexity index is 81.7. The number of hydrazine groups is 1. The van der Waals surface area contributed by atoms with Crippen LogP contribution in [0.4, 0.5) is 0 Å². The number of carbonyl (C=O) groups is 1. The van der Waals surface area contributed by atoms with Crippen LogP contribution in [0.15, 0.2) is 0 Å². The molecule has 0 aliphatic rings. The molecule has 0 spiro atoms. The summed E-state index contributed by atoms with van der Waals surface area (Å²) in [6.45, 7) is 5.71. The fourth-order valence-electron chi connectivity index (χ4n) is 0.575. The average molecular weight is 146 g/mol. The van der Waals surface area contributed by atoms with Crippen LogP contribution in [0.1, 0.15) is 27.2 Å². The molecule has 0 atom stereocenters. The van der Waals surface area contributed by atoms with Crippen LogP contribution >= 0.6 is 0 Å². The van der Waals surface area contributed by atoms with Gasteiger partial charge in [-0.3, -0.25) is 11.3 Å². The molecule has 3 N–H and O–H groups in total. The topological polar surface area (TPSA) is 55.1 Å². The minimum Gasteiger partial charge on any atom is -0.300 e. The number of hydrogen-bond acceptors (Lipinski definition) is 3. The number of hydrogen-bond donors (Lipinski definition) is 2. The van der Waals surface area contributed by atoms with Crippen molar-refractivity contribution in [2.75, 3.05) is 7.05 Å². The number of nitrogens with two attached hydrogens (primary N) is 1. The summed E-state index contributed by atoms with van der Waals surface area (Å²) in [7, 11) is 1.65. The first-order chi connectivity index (χ1) is 4.54. The highest BCUT2D eigenvalue weighted by atomic mass is 16.1. The molecule has 0 bridgehead atoms. The monoisotopic (exact) mass is 146 g/mol. The zero-order chi connectivity index (χ0) is 8.57. The summed E-state index contributed by atoms with van der Waals surface area (Å²) in [6, 6.07) is 0. The van der Waals surface area contributed by atoms with Gasteiger partial charge in [0.2, 0.25) is 0 Å². The van der Waals surface area contributed by atoms with Crippen molar-refractivity contribution in [1.29, 1.82) is 0 Å². The third-order valence-corrected chi connectivity index (χ3v) is 0.696. The molecule has 0 fully saturated rings. The van der Waals surface area contributed by atoms with E-state index in [-0.39, 0.29) is 5.78 Å². The molecule has 0 heterocycles. The van der Waals surface area contributed by atoms with Gasteiger partial charge >= 0.3 is 0 Å². The molecular weight excluding hydrogens is 128 g/mol. The molecule has 0 aromatic heterocycles. The number of ketones is 1. The molecule has 0 aliphatic carbocycles. The highest BCUT2D eigenvalue weighted by molar-refractivity contribution is 5.75. The summed E-state index contributed by atoms with van der Waals surface area (Å²) >= 11 is 0. The van der Waals surface area contributed by atoms with E-state index in [1.54, 1.807) is 14.0 Å². The fourth-order valence-corrected chi connectivity index (χ4v) is 0.575. The molecule has 0 aliphatic heterocycles. The van der Waals surface area contributed by atoms with Gasteiger partial charge in [-0.05, 0) is 19.9 Å². The van der Waals surface area contributed by atoms with Crippen LogP contribution in [-0.2, 0) is 4.79 Å². The summed E-state index contributed by atoms with van der Waals surface area (Å²) in [5, 5.41) is 0. The van der Waals surface area contributed by atoms with Gasteiger partial charge in [-0.1, -0.05) is 13.8 Å². The smallest absolute Gasteiger partial charge is 0.130 e. The van der Waals surface area contributed by atoms with Crippen LogP contribution in [-0.4, -0.2) is 12.8 Å².